The maximum atomic E-state index is 5.37. The Morgan fingerprint density at radius 2 is 1.94 bits per heavy atom. The molecule has 0 heterocycles. The first-order valence-corrected chi connectivity index (χ1v) is 6.73. The first-order valence-electron chi connectivity index (χ1n) is 6.73. The van der Waals surface area contributed by atoms with Crippen molar-refractivity contribution < 1.29 is 4.74 Å². The summed E-state index contributed by atoms with van der Waals surface area (Å²) in [6, 6.07) is 1.55. The van der Waals surface area contributed by atoms with E-state index in [0.717, 1.165) is 31.7 Å². The van der Waals surface area contributed by atoms with Crippen LogP contribution in [0.4, 0.5) is 0 Å². The fourth-order valence-corrected chi connectivity index (χ4v) is 2.55. The summed E-state index contributed by atoms with van der Waals surface area (Å²) in [6.07, 6.45) is 6.51. The Kier molecular flexibility index (Phi) is 7.01. The van der Waals surface area contributed by atoms with Gasteiger partial charge in [0.15, 0.2) is 0 Å². The predicted molar refractivity (Wildman–Crippen MR) is 68.8 cm³/mol. The molecule has 0 radical (unpaired) electrons. The molecule has 1 fully saturated rings. The fraction of sp³-hybridized carbons (Fsp3) is 1.00. The number of hydrogen-bond donors (Lipinski definition) is 1. The van der Waals surface area contributed by atoms with Gasteiger partial charge in [-0.25, -0.2) is 0 Å². The third-order valence-electron chi connectivity index (χ3n) is 3.73. The van der Waals surface area contributed by atoms with Gasteiger partial charge in [0.2, 0.25) is 0 Å². The number of rotatable bonds is 7. The standard InChI is InChI=1S/C13H28N2O/c1-4-16-11-5-10-15(3)13-8-6-12(14-2)7-9-13/h12-14H,4-11H2,1-3H3. The number of hydrogen-bond acceptors (Lipinski definition) is 3. The largest absolute Gasteiger partial charge is 0.382 e. The molecule has 0 unspecified atom stereocenters. The molecular formula is C13H28N2O. The lowest BCUT2D eigenvalue weighted by molar-refractivity contribution is 0.119. The molecule has 1 saturated carbocycles. The number of nitrogens with one attached hydrogen (secondary N) is 1. The van der Waals surface area contributed by atoms with Crippen molar-refractivity contribution in [2.24, 2.45) is 0 Å². The Morgan fingerprint density at radius 1 is 1.25 bits per heavy atom. The third-order valence-corrected chi connectivity index (χ3v) is 3.73. The van der Waals surface area contributed by atoms with Gasteiger partial charge in [0.1, 0.15) is 0 Å². The summed E-state index contributed by atoms with van der Waals surface area (Å²) in [7, 11) is 4.34. The Balaban J connectivity index is 2.10. The zero-order valence-corrected chi connectivity index (χ0v) is 11.2. The summed E-state index contributed by atoms with van der Waals surface area (Å²) in [6.45, 7) is 4.99. The molecule has 0 saturated heterocycles. The average Bonchev–Trinajstić information content (AvgIpc) is 2.34. The molecule has 0 spiro atoms. The van der Waals surface area contributed by atoms with Crippen LogP contribution in [-0.4, -0.2) is 50.8 Å². The van der Waals surface area contributed by atoms with Crippen LogP contribution in [-0.2, 0) is 4.74 Å². The van der Waals surface area contributed by atoms with Crippen molar-refractivity contribution >= 4 is 0 Å². The van der Waals surface area contributed by atoms with E-state index in [1.807, 2.05) is 0 Å². The van der Waals surface area contributed by atoms with E-state index >= 15 is 0 Å². The Hall–Kier alpha value is -0.120. The van der Waals surface area contributed by atoms with Crippen molar-refractivity contribution in [1.82, 2.24) is 10.2 Å². The van der Waals surface area contributed by atoms with Crippen LogP contribution < -0.4 is 5.32 Å². The molecule has 1 aliphatic carbocycles. The highest BCUT2D eigenvalue weighted by molar-refractivity contribution is 4.80. The van der Waals surface area contributed by atoms with Crippen molar-refractivity contribution in [2.75, 3.05) is 33.9 Å². The van der Waals surface area contributed by atoms with Gasteiger partial charge in [-0.2, -0.15) is 0 Å². The number of ether oxygens (including phenoxy) is 1. The van der Waals surface area contributed by atoms with Gasteiger partial charge >= 0.3 is 0 Å². The molecule has 3 heteroatoms. The van der Waals surface area contributed by atoms with E-state index in [4.69, 9.17) is 4.74 Å². The first kappa shape index (κ1) is 13.9. The van der Waals surface area contributed by atoms with Crippen LogP contribution in [0.1, 0.15) is 39.0 Å². The molecule has 0 amide bonds. The van der Waals surface area contributed by atoms with Crippen molar-refractivity contribution in [3.63, 3.8) is 0 Å². The third kappa shape index (κ3) is 4.81. The summed E-state index contributed by atoms with van der Waals surface area (Å²) >= 11 is 0. The maximum Gasteiger partial charge on any atom is 0.0478 e. The molecule has 1 aliphatic rings. The molecule has 0 aromatic carbocycles. The lowest BCUT2D eigenvalue weighted by Crippen LogP contribution is -2.40. The van der Waals surface area contributed by atoms with Gasteiger partial charge in [-0.3, -0.25) is 0 Å². The number of nitrogens with zero attached hydrogens (tertiary/aromatic N) is 1. The average molecular weight is 228 g/mol. The Labute approximate surface area is 101 Å². The molecule has 3 nitrogen and oxygen atoms in total. The summed E-state index contributed by atoms with van der Waals surface area (Å²) < 4.78 is 5.37. The molecule has 0 aliphatic heterocycles. The zero-order chi connectivity index (χ0) is 11.8. The van der Waals surface area contributed by atoms with E-state index in [2.05, 4.69) is 31.2 Å². The van der Waals surface area contributed by atoms with Crippen LogP contribution >= 0.6 is 0 Å². The summed E-state index contributed by atoms with van der Waals surface area (Å²) in [5.74, 6) is 0. The minimum atomic E-state index is 0.757. The second-order valence-electron chi connectivity index (χ2n) is 4.83. The maximum absolute atomic E-state index is 5.37. The molecule has 0 bridgehead atoms. The minimum Gasteiger partial charge on any atom is -0.382 e. The van der Waals surface area contributed by atoms with Crippen LogP contribution in [0.3, 0.4) is 0 Å². The Bertz CT molecular complexity index is 167. The highest BCUT2D eigenvalue weighted by Gasteiger charge is 2.22. The lowest BCUT2D eigenvalue weighted by atomic mass is 9.90. The van der Waals surface area contributed by atoms with Crippen LogP contribution in [0.5, 0.6) is 0 Å². The van der Waals surface area contributed by atoms with Crippen LogP contribution in [0.2, 0.25) is 0 Å². The highest BCUT2D eigenvalue weighted by atomic mass is 16.5. The molecule has 1 rings (SSSR count). The molecular weight excluding hydrogens is 200 g/mol. The van der Waals surface area contributed by atoms with E-state index in [1.165, 1.54) is 32.2 Å². The monoisotopic (exact) mass is 228 g/mol. The minimum absolute atomic E-state index is 0.757. The first-order chi connectivity index (χ1) is 7.77. The second kappa shape index (κ2) is 8.04. The molecule has 16 heavy (non-hydrogen) atoms. The van der Waals surface area contributed by atoms with Gasteiger partial charge in [0.05, 0.1) is 0 Å². The van der Waals surface area contributed by atoms with Gasteiger partial charge in [-0.15, -0.1) is 0 Å². The van der Waals surface area contributed by atoms with E-state index in [1.54, 1.807) is 0 Å². The predicted octanol–water partition coefficient (Wildman–Crippen LogP) is 1.88. The second-order valence-corrected chi connectivity index (χ2v) is 4.83. The van der Waals surface area contributed by atoms with Crippen molar-refractivity contribution in [1.29, 1.82) is 0 Å². The van der Waals surface area contributed by atoms with Crippen LogP contribution in [0.25, 0.3) is 0 Å². The summed E-state index contributed by atoms with van der Waals surface area (Å²) in [5, 5.41) is 3.38. The normalized spacial score (nSPS) is 26.2. The van der Waals surface area contributed by atoms with Gasteiger partial charge in [0, 0.05) is 31.8 Å². The van der Waals surface area contributed by atoms with Gasteiger partial charge in [0.25, 0.3) is 0 Å². The van der Waals surface area contributed by atoms with Crippen molar-refractivity contribution in [2.45, 2.75) is 51.1 Å². The van der Waals surface area contributed by atoms with Gasteiger partial charge in [-0.05, 0) is 53.1 Å². The molecule has 0 atom stereocenters. The van der Waals surface area contributed by atoms with Crippen LogP contribution in [0, 0.1) is 0 Å². The molecule has 96 valence electrons. The van der Waals surface area contributed by atoms with E-state index in [9.17, 15) is 0 Å². The zero-order valence-electron chi connectivity index (χ0n) is 11.2. The van der Waals surface area contributed by atoms with Crippen molar-refractivity contribution in [3.05, 3.63) is 0 Å². The molecule has 0 aromatic rings. The fourth-order valence-electron chi connectivity index (χ4n) is 2.55. The van der Waals surface area contributed by atoms with Gasteiger partial charge in [-0.1, -0.05) is 0 Å². The smallest absolute Gasteiger partial charge is 0.0478 e. The Morgan fingerprint density at radius 3 is 2.50 bits per heavy atom. The van der Waals surface area contributed by atoms with Crippen molar-refractivity contribution in [3.8, 4) is 0 Å². The topological polar surface area (TPSA) is 24.5 Å². The van der Waals surface area contributed by atoms with Gasteiger partial charge < -0.3 is 15.0 Å². The molecule has 1 N–H and O–H groups in total. The van der Waals surface area contributed by atoms with E-state index in [0.29, 0.717) is 0 Å². The lowest BCUT2D eigenvalue weighted by Gasteiger charge is -2.34. The quantitative estimate of drug-likeness (QED) is 0.673. The van der Waals surface area contributed by atoms with Crippen LogP contribution in [0.15, 0.2) is 0 Å². The van der Waals surface area contributed by atoms with E-state index < -0.39 is 0 Å². The molecule has 0 aromatic heterocycles. The van der Waals surface area contributed by atoms with E-state index in [-0.39, 0.29) is 0 Å². The SMILES string of the molecule is CCOCCCN(C)C1CCC(NC)CC1. The summed E-state index contributed by atoms with van der Waals surface area (Å²) in [4.78, 5) is 2.52. The highest BCUT2D eigenvalue weighted by Crippen LogP contribution is 2.22. The summed E-state index contributed by atoms with van der Waals surface area (Å²) in [5.41, 5.74) is 0.